The molecule has 0 aliphatic carbocycles. The number of amides is 2. The average Bonchev–Trinajstić information content (AvgIpc) is 2.99. The van der Waals surface area contributed by atoms with Crippen molar-refractivity contribution < 1.29 is 13.8 Å². The third kappa shape index (κ3) is 4.70. The van der Waals surface area contributed by atoms with Gasteiger partial charge in [-0.25, -0.2) is 4.21 Å². The Morgan fingerprint density at radius 1 is 0.917 bits per heavy atom. The lowest BCUT2D eigenvalue weighted by Crippen LogP contribution is -2.31. The van der Waals surface area contributed by atoms with Crippen LogP contribution in [0.2, 0.25) is 5.02 Å². The number of fused-ring (bicyclic) bond motifs is 2. The van der Waals surface area contributed by atoms with Crippen LogP contribution in [0.25, 0.3) is 0 Å². The fourth-order valence-electron chi connectivity index (χ4n) is 4.24. The fraction of sp³-hybridized carbons (Fsp3) is 0.103. The van der Waals surface area contributed by atoms with Crippen LogP contribution in [0, 0.1) is 0 Å². The van der Waals surface area contributed by atoms with Crippen molar-refractivity contribution in [3.05, 3.63) is 124 Å². The predicted molar refractivity (Wildman–Crippen MR) is 142 cm³/mol. The van der Waals surface area contributed by atoms with Gasteiger partial charge in [0.25, 0.3) is 11.8 Å². The minimum atomic E-state index is -1.59. The van der Waals surface area contributed by atoms with Gasteiger partial charge in [0.15, 0.2) is 0 Å². The first-order valence-corrected chi connectivity index (χ1v) is 13.0. The van der Waals surface area contributed by atoms with E-state index in [2.05, 4.69) is 5.32 Å². The molecule has 4 aromatic carbocycles. The second-order valence-corrected chi connectivity index (χ2v) is 10.4. The number of rotatable bonds is 5. The lowest BCUT2D eigenvalue weighted by atomic mass is 10.1. The van der Waals surface area contributed by atoms with Gasteiger partial charge in [0.2, 0.25) is 0 Å². The molecular weight excluding hydrogens is 492 g/mol. The number of anilines is 1. The lowest BCUT2D eigenvalue weighted by molar-refractivity contribution is 0.0937. The molecule has 180 valence electrons. The average molecular weight is 515 g/mol. The largest absolute Gasteiger partial charge is 0.346 e. The first-order chi connectivity index (χ1) is 17.4. The molecule has 4 aromatic rings. The summed E-state index contributed by atoms with van der Waals surface area (Å²) in [5, 5.41) is 3.61. The van der Waals surface area contributed by atoms with Crippen LogP contribution in [-0.2, 0) is 17.3 Å². The van der Waals surface area contributed by atoms with Crippen LogP contribution in [0.1, 0.15) is 44.8 Å². The van der Waals surface area contributed by atoms with Crippen molar-refractivity contribution in [3.8, 4) is 0 Å². The number of nitrogens with one attached hydrogen (secondary N) is 1. The standard InChI is InChI=1S/C29H23ClN2O3S/c1-19(21-7-3-2-4-8-21)31-28(33)22-13-16-27-25(17-22)32(18-20-11-14-23(30)15-12-20)29(34)24-9-5-6-10-26(24)36(27)35/h2-17,19H,18H2,1H3,(H,31,33)/t19-,36-/m1/s1. The Bertz CT molecular complexity index is 1470. The molecule has 0 saturated carbocycles. The maximum absolute atomic E-state index is 13.7. The summed E-state index contributed by atoms with van der Waals surface area (Å²) in [6.45, 7) is 2.15. The number of carbonyl (C=O) groups is 2. The van der Waals surface area contributed by atoms with Gasteiger partial charge >= 0.3 is 0 Å². The number of carbonyl (C=O) groups excluding carboxylic acids is 2. The molecule has 0 bridgehead atoms. The van der Waals surface area contributed by atoms with Gasteiger partial charge in [0.05, 0.1) is 44.4 Å². The topological polar surface area (TPSA) is 66.5 Å². The third-order valence-electron chi connectivity index (χ3n) is 6.18. The molecule has 2 amide bonds. The first kappa shape index (κ1) is 24.0. The molecule has 1 aliphatic rings. The summed E-state index contributed by atoms with van der Waals surface area (Å²) < 4.78 is 13.6. The molecule has 0 aromatic heterocycles. The SMILES string of the molecule is C[C@@H](NC(=O)c1ccc2c(c1)N(Cc1ccc(Cl)cc1)C(=O)c1ccccc1[S@]2=O)c1ccccc1. The number of benzene rings is 4. The highest BCUT2D eigenvalue weighted by Gasteiger charge is 2.31. The van der Waals surface area contributed by atoms with Crippen molar-refractivity contribution >= 4 is 39.9 Å². The zero-order chi connectivity index (χ0) is 25.2. The Hall–Kier alpha value is -3.74. The molecule has 0 radical (unpaired) electrons. The third-order valence-corrected chi connectivity index (χ3v) is 7.93. The molecule has 0 unspecified atom stereocenters. The predicted octanol–water partition coefficient (Wildman–Crippen LogP) is 6.16. The second kappa shape index (κ2) is 10.1. The van der Waals surface area contributed by atoms with Crippen LogP contribution < -0.4 is 10.2 Å². The maximum atomic E-state index is 13.7. The summed E-state index contributed by atoms with van der Waals surface area (Å²) in [5.41, 5.74) is 3.05. The molecule has 36 heavy (non-hydrogen) atoms. The van der Waals surface area contributed by atoms with Crippen molar-refractivity contribution in [2.45, 2.75) is 29.3 Å². The number of hydrogen-bond acceptors (Lipinski definition) is 3. The Kier molecular flexibility index (Phi) is 6.72. The minimum absolute atomic E-state index is 0.206. The summed E-state index contributed by atoms with van der Waals surface area (Å²) in [5.74, 6) is -0.552. The molecule has 7 heteroatoms. The second-order valence-electron chi connectivity index (χ2n) is 8.57. The van der Waals surface area contributed by atoms with E-state index in [1.165, 1.54) is 0 Å². The van der Waals surface area contributed by atoms with E-state index >= 15 is 0 Å². The smallest absolute Gasteiger partial charge is 0.259 e. The van der Waals surface area contributed by atoms with Crippen molar-refractivity contribution in [3.63, 3.8) is 0 Å². The number of hydrogen-bond donors (Lipinski definition) is 1. The van der Waals surface area contributed by atoms with E-state index in [1.54, 1.807) is 59.5 Å². The van der Waals surface area contributed by atoms with Crippen molar-refractivity contribution in [1.82, 2.24) is 5.32 Å². The van der Waals surface area contributed by atoms with Gasteiger partial charge in [0, 0.05) is 10.6 Å². The van der Waals surface area contributed by atoms with Gasteiger partial charge < -0.3 is 10.2 Å². The Labute approximate surface area is 217 Å². The highest BCUT2D eigenvalue weighted by Crippen LogP contribution is 2.36. The minimum Gasteiger partial charge on any atom is -0.346 e. The van der Waals surface area contributed by atoms with Crippen LogP contribution in [0.15, 0.2) is 107 Å². The van der Waals surface area contributed by atoms with Crippen LogP contribution in [0.3, 0.4) is 0 Å². The first-order valence-electron chi connectivity index (χ1n) is 11.5. The zero-order valence-corrected chi connectivity index (χ0v) is 21.1. The van der Waals surface area contributed by atoms with Crippen LogP contribution >= 0.6 is 11.6 Å². The highest BCUT2D eigenvalue weighted by atomic mass is 35.5. The summed E-state index contributed by atoms with van der Waals surface area (Å²) in [6.07, 6.45) is 0. The monoisotopic (exact) mass is 514 g/mol. The molecule has 5 rings (SSSR count). The van der Waals surface area contributed by atoms with Gasteiger partial charge in [-0.3, -0.25) is 9.59 Å². The summed E-state index contributed by atoms with van der Waals surface area (Å²) in [4.78, 5) is 29.4. The van der Waals surface area contributed by atoms with Gasteiger partial charge in [-0.15, -0.1) is 0 Å². The lowest BCUT2D eigenvalue weighted by Gasteiger charge is -2.24. The molecular formula is C29H23ClN2O3S. The molecule has 1 aliphatic heterocycles. The van der Waals surface area contributed by atoms with Gasteiger partial charge in [0.1, 0.15) is 0 Å². The van der Waals surface area contributed by atoms with Gasteiger partial charge in [-0.05, 0) is 60.5 Å². The molecule has 1 N–H and O–H groups in total. The normalized spacial score (nSPS) is 15.4. The van der Waals surface area contributed by atoms with E-state index in [0.29, 0.717) is 31.6 Å². The van der Waals surface area contributed by atoms with Crippen LogP contribution in [0.5, 0.6) is 0 Å². The summed E-state index contributed by atoms with van der Waals surface area (Å²) >= 11 is 6.05. The Morgan fingerprint density at radius 2 is 1.61 bits per heavy atom. The van der Waals surface area contributed by atoms with Crippen LogP contribution in [-0.4, -0.2) is 16.0 Å². The highest BCUT2D eigenvalue weighted by molar-refractivity contribution is 7.85. The van der Waals surface area contributed by atoms with E-state index < -0.39 is 10.8 Å². The summed E-state index contributed by atoms with van der Waals surface area (Å²) in [6, 6.07) is 28.6. The quantitative estimate of drug-likeness (QED) is 0.347. The molecule has 5 nitrogen and oxygen atoms in total. The Morgan fingerprint density at radius 3 is 2.36 bits per heavy atom. The zero-order valence-electron chi connectivity index (χ0n) is 19.5. The Balaban J connectivity index is 1.55. The van der Waals surface area contributed by atoms with Crippen molar-refractivity contribution in [2.24, 2.45) is 0 Å². The van der Waals surface area contributed by atoms with E-state index in [1.807, 2.05) is 49.4 Å². The van der Waals surface area contributed by atoms with E-state index in [0.717, 1.165) is 11.1 Å². The van der Waals surface area contributed by atoms with Crippen molar-refractivity contribution in [2.75, 3.05) is 4.90 Å². The van der Waals surface area contributed by atoms with E-state index in [9.17, 15) is 13.8 Å². The molecule has 1 heterocycles. The summed E-state index contributed by atoms with van der Waals surface area (Å²) in [7, 11) is -1.59. The van der Waals surface area contributed by atoms with E-state index in [4.69, 9.17) is 11.6 Å². The number of halogens is 1. The van der Waals surface area contributed by atoms with E-state index in [-0.39, 0.29) is 24.4 Å². The van der Waals surface area contributed by atoms with Crippen LogP contribution in [0.4, 0.5) is 5.69 Å². The number of nitrogens with zero attached hydrogens (tertiary/aromatic N) is 1. The maximum Gasteiger partial charge on any atom is 0.259 e. The van der Waals surface area contributed by atoms with Gasteiger partial charge in [-0.2, -0.15) is 0 Å². The van der Waals surface area contributed by atoms with Crippen molar-refractivity contribution in [1.29, 1.82) is 0 Å². The molecule has 2 atom stereocenters. The molecule has 0 spiro atoms. The molecule has 0 saturated heterocycles. The molecule has 0 fully saturated rings. The fourth-order valence-corrected chi connectivity index (χ4v) is 5.71. The van der Waals surface area contributed by atoms with Gasteiger partial charge in [-0.1, -0.05) is 66.2 Å².